The molecule has 0 amide bonds. The van der Waals surface area contributed by atoms with Gasteiger partial charge in [-0.25, -0.2) is 9.67 Å². The number of hydrogen-bond acceptors (Lipinski definition) is 3. The first-order valence-electron chi connectivity index (χ1n) is 4.30. The third-order valence-electron chi connectivity index (χ3n) is 1.91. The molecular formula is C10H7BrN4. The molecule has 4 nitrogen and oxygen atoms in total. The molecule has 0 fully saturated rings. The Morgan fingerprint density at radius 3 is 2.80 bits per heavy atom. The van der Waals surface area contributed by atoms with Crippen molar-refractivity contribution >= 4 is 15.9 Å². The van der Waals surface area contributed by atoms with E-state index in [9.17, 15) is 0 Å². The van der Waals surface area contributed by atoms with Gasteiger partial charge in [-0.1, -0.05) is 0 Å². The first-order valence-corrected chi connectivity index (χ1v) is 5.09. The second-order valence-corrected chi connectivity index (χ2v) is 3.83. The zero-order chi connectivity index (χ0) is 10.8. The Labute approximate surface area is 95.3 Å². The van der Waals surface area contributed by atoms with E-state index in [1.54, 1.807) is 29.1 Å². The number of nitrogens with zero attached hydrogens (tertiary/aromatic N) is 4. The van der Waals surface area contributed by atoms with Gasteiger partial charge in [-0.3, -0.25) is 0 Å². The van der Waals surface area contributed by atoms with Gasteiger partial charge in [0.25, 0.3) is 0 Å². The van der Waals surface area contributed by atoms with Crippen LogP contribution in [0.3, 0.4) is 0 Å². The summed E-state index contributed by atoms with van der Waals surface area (Å²) in [5, 5.41) is 13.1. The van der Waals surface area contributed by atoms with Crippen molar-refractivity contribution in [2.24, 2.45) is 0 Å². The third kappa shape index (κ3) is 1.90. The van der Waals surface area contributed by atoms with Gasteiger partial charge in [0.15, 0.2) is 5.82 Å². The van der Waals surface area contributed by atoms with Gasteiger partial charge >= 0.3 is 0 Å². The maximum atomic E-state index is 8.93. The summed E-state index contributed by atoms with van der Waals surface area (Å²) in [5.41, 5.74) is 1.37. The van der Waals surface area contributed by atoms with Crippen molar-refractivity contribution in [3.05, 3.63) is 40.3 Å². The fourth-order valence-electron chi connectivity index (χ4n) is 1.22. The van der Waals surface area contributed by atoms with Gasteiger partial charge in [0, 0.05) is 11.9 Å². The molecule has 2 aromatic heterocycles. The zero-order valence-corrected chi connectivity index (χ0v) is 9.56. The van der Waals surface area contributed by atoms with Crippen LogP contribution in [-0.4, -0.2) is 14.8 Å². The molecule has 15 heavy (non-hydrogen) atoms. The van der Waals surface area contributed by atoms with E-state index >= 15 is 0 Å². The second-order valence-electron chi connectivity index (χ2n) is 3.02. The third-order valence-corrected chi connectivity index (χ3v) is 2.33. The van der Waals surface area contributed by atoms with Gasteiger partial charge in [-0.15, -0.1) is 0 Å². The monoisotopic (exact) mass is 262 g/mol. The van der Waals surface area contributed by atoms with Crippen molar-refractivity contribution < 1.29 is 0 Å². The molecule has 0 aliphatic carbocycles. The summed E-state index contributed by atoms with van der Waals surface area (Å²) >= 11 is 3.25. The minimum absolute atomic E-state index is 0.510. The van der Waals surface area contributed by atoms with Gasteiger partial charge < -0.3 is 0 Å². The molecule has 74 valence electrons. The number of aryl methyl sites for hydroxylation is 1. The lowest BCUT2D eigenvalue weighted by atomic mass is 10.2. The van der Waals surface area contributed by atoms with Crippen LogP contribution in [0.4, 0.5) is 0 Å². The number of rotatable bonds is 1. The molecule has 0 aromatic carbocycles. The topological polar surface area (TPSA) is 54.5 Å². The fraction of sp³-hybridized carbons (Fsp3) is 0.100. The Bertz CT molecular complexity index is 539. The molecule has 0 spiro atoms. The first kappa shape index (κ1) is 9.87. The van der Waals surface area contributed by atoms with E-state index in [4.69, 9.17) is 5.26 Å². The van der Waals surface area contributed by atoms with Crippen molar-refractivity contribution in [2.45, 2.75) is 6.92 Å². The second kappa shape index (κ2) is 3.83. The minimum Gasteiger partial charge on any atom is -0.233 e. The first-order chi connectivity index (χ1) is 7.20. The highest BCUT2D eigenvalue weighted by Gasteiger charge is 2.07. The van der Waals surface area contributed by atoms with E-state index in [1.807, 2.05) is 6.92 Å². The van der Waals surface area contributed by atoms with Crippen LogP contribution in [0.2, 0.25) is 0 Å². The molecule has 0 aliphatic rings. The van der Waals surface area contributed by atoms with Crippen molar-refractivity contribution in [2.75, 3.05) is 0 Å². The predicted octanol–water partition coefficient (Wildman–Crippen LogP) is 2.21. The standard InChI is InChI=1S/C10H7BrN4/c1-7-2-3-8(6-12)10(13-7)15-5-4-9(11)14-15/h2-5H,1H3. The largest absolute Gasteiger partial charge is 0.233 e. The smallest absolute Gasteiger partial charge is 0.171 e. The van der Waals surface area contributed by atoms with Crippen LogP contribution in [0.15, 0.2) is 29.0 Å². The highest BCUT2D eigenvalue weighted by molar-refractivity contribution is 9.10. The number of pyridine rings is 1. The zero-order valence-electron chi connectivity index (χ0n) is 7.98. The number of halogens is 1. The van der Waals surface area contributed by atoms with Gasteiger partial charge in [0.2, 0.25) is 0 Å². The molecule has 0 saturated carbocycles. The Morgan fingerprint density at radius 2 is 2.20 bits per heavy atom. The van der Waals surface area contributed by atoms with Crippen molar-refractivity contribution in [1.82, 2.24) is 14.8 Å². The summed E-state index contributed by atoms with van der Waals surface area (Å²) < 4.78 is 2.30. The minimum atomic E-state index is 0.510. The molecule has 0 bridgehead atoms. The molecule has 0 N–H and O–H groups in total. The molecule has 2 rings (SSSR count). The Morgan fingerprint density at radius 1 is 1.40 bits per heavy atom. The average Bonchev–Trinajstić information content (AvgIpc) is 2.65. The van der Waals surface area contributed by atoms with Gasteiger partial charge in [-0.2, -0.15) is 10.4 Å². The molecule has 2 aromatic rings. The molecule has 0 atom stereocenters. The summed E-state index contributed by atoms with van der Waals surface area (Å²) in [7, 11) is 0. The van der Waals surface area contributed by atoms with Crippen LogP contribution in [0.1, 0.15) is 11.3 Å². The average molecular weight is 263 g/mol. The summed E-state index contributed by atoms with van der Waals surface area (Å²) in [4.78, 5) is 4.28. The normalized spacial score (nSPS) is 9.93. The quantitative estimate of drug-likeness (QED) is 0.792. The molecule has 0 unspecified atom stereocenters. The Kier molecular flexibility index (Phi) is 2.52. The number of aromatic nitrogens is 3. The molecule has 0 aliphatic heterocycles. The summed E-state index contributed by atoms with van der Waals surface area (Å²) in [6.45, 7) is 1.88. The molecule has 0 radical (unpaired) electrons. The van der Waals surface area contributed by atoms with Crippen LogP contribution in [-0.2, 0) is 0 Å². The molecule has 5 heteroatoms. The summed E-state index contributed by atoms with van der Waals surface area (Å²) in [5.74, 6) is 0.559. The van der Waals surface area contributed by atoms with Crippen molar-refractivity contribution in [3.63, 3.8) is 0 Å². The van der Waals surface area contributed by atoms with E-state index in [2.05, 4.69) is 32.1 Å². The lowest BCUT2D eigenvalue weighted by molar-refractivity contribution is 0.829. The van der Waals surface area contributed by atoms with Crippen LogP contribution in [0.25, 0.3) is 5.82 Å². The lowest BCUT2D eigenvalue weighted by Gasteiger charge is -2.03. The Balaban J connectivity index is 2.61. The molecular weight excluding hydrogens is 256 g/mol. The van der Waals surface area contributed by atoms with Crippen LogP contribution < -0.4 is 0 Å². The van der Waals surface area contributed by atoms with Crippen molar-refractivity contribution in [3.8, 4) is 11.9 Å². The maximum Gasteiger partial charge on any atom is 0.171 e. The van der Waals surface area contributed by atoms with Gasteiger partial charge in [-0.05, 0) is 41.1 Å². The van der Waals surface area contributed by atoms with Crippen molar-refractivity contribution in [1.29, 1.82) is 5.26 Å². The van der Waals surface area contributed by atoms with E-state index in [0.717, 1.165) is 10.3 Å². The van der Waals surface area contributed by atoms with E-state index in [1.165, 1.54) is 0 Å². The Hall–Kier alpha value is -1.67. The van der Waals surface area contributed by atoms with E-state index < -0.39 is 0 Å². The summed E-state index contributed by atoms with van der Waals surface area (Å²) in [6.07, 6.45) is 1.76. The van der Waals surface area contributed by atoms with Crippen LogP contribution in [0, 0.1) is 18.3 Å². The highest BCUT2D eigenvalue weighted by atomic mass is 79.9. The molecule has 2 heterocycles. The van der Waals surface area contributed by atoms with Gasteiger partial charge in [0.1, 0.15) is 10.7 Å². The van der Waals surface area contributed by atoms with Crippen LogP contribution in [0.5, 0.6) is 0 Å². The molecule has 0 saturated heterocycles. The lowest BCUT2D eigenvalue weighted by Crippen LogP contribution is -2.02. The van der Waals surface area contributed by atoms with E-state index in [0.29, 0.717) is 11.4 Å². The predicted molar refractivity (Wildman–Crippen MR) is 58.5 cm³/mol. The fourth-order valence-corrected chi connectivity index (χ4v) is 1.51. The number of hydrogen-bond donors (Lipinski definition) is 0. The number of nitriles is 1. The van der Waals surface area contributed by atoms with Gasteiger partial charge in [0.05, 0.1) is 5.56 Å². The maximum absolute atomic E-state index is 8.93. The SMILES string of the molecule is Cc1ccc(C#N)c(-n2ccc(Br)n2)n1. The van der Waals surface area contributed by atoms with E-state index in [-0.39, 0.29) is 0 Å². The summed E-state index contributed by atoms with van der Waals surface area (Å²) in [6, 6.07) is 7.44. The van der Waals surface area contributed by atoms with Crippen LogP contribution >= 0.6 is 15.9 Å². The highest BCUT2D eigenvalue weighted by Crippen LogP contribution is 2.13.